The van der Waals surface area contributed by atoms with Crippen LogP contribution in [0.4, 0.5) is 0 Å². The lowest BCUT2D eigenvalue weighted by Gasteiger charge is -2.26. The smallest absolute Gasteiger partial charge is 0.0800 e. The van der Waals surface area contributed by atoms with Crippen molar-refractivity contribution >= 4 is 11.5 Å². The van der Waals surface area contributed by atoms with Gasteiger partial charge in [0.05, 0.1) is 10.6 Å². The predicted octanol–water partition coefficient (Wildman–Crippen LogP) is 3.58. The van der Waals surface area contributed by atoms with E-state index in [1.165, 1.54) is 42.7 Å². The highest BCUT2D eigenvalue weighted by Crippen LogP contribution is 2.51. The second-order valence-electron chi connectivity index (χ2n) is 6.22. The summed E-state index contributed by atoms with van der Waals surface area (Å²) in [7, 11) is 0. The average Bonchev–Trinajstić information content (AvgIpc) is 3.13. The summed E-state index contributed by atoms with van der Waals surface area (Å²) in [4.78, 5) is 1.40. The van der Waals surface area contributed by atoms with Crippen molar-refractivity contribution in [1.82, 2.24) is 14.9 Å². The van der Waals surface area contributed by atoms with Crippen molar-refractivity contribution in [3.8, 4) is 0 Å². The SMILES string of the molecule is CCNC(CC1CC2CCC1C2)c1snnc1CC. The Balaban J connectivity index is 1.70. The molecule has 0 aliphatic heterocycles. The zero-order valence-electron chi connectivity index (χ0n) is 12.1. The molecule has 3 nitrogen and oxygen atoms in total. The van der Waals surface area contributed by atoms with Gasteiger partial charge in [0.15, 0.2) is 0 Å². The second-order valence-corrected chi connectivity index (χ2v) is 7.00. The number of hydrogen-bond donors (Lipinski definition) is 1. The van der Waals surface area contributed by atoms with Crippen molar-refractivity contribution in [2.24, 2.45) is 17.8 Å². The molecule has 1 aromatic rings. The first-order valence-electron chi connectivity index (χ1n) is 7.86. The average molecular weight is 279 g/mol. The van der Waals surface area contributed by atoms with E-state index in [-0.39, 0.29) is 0 Å². The number of hydrogen-bond acceptors (Lipinski definition) is 4. The van der Waals surface area contributed by atoms with Gasteiger partial charge in [-0.05, 0) is 67.9 Å². The first-order chi connectivity index (χ1) is 9.31. The lowest BCUT2D eigenvalue weighted by molar-refractivity contribution is 0.281. The van der Waals surface area contributed by atoms with Crippen LogP contribution in [-0.4, -0.2) is 16.1 Å². The molecule has 1 heterocycles. The van der Waals surface area contributed by atoms with E-state index in [0.29, 0.717) is 6.04 Å². The van der Waals surface area contributed by atoms with Crippen molar-refractivity contribution in [3.05, 3.63) is 10.6 Å². The topological polar surface area (TPSA) is 37.8 Å². The highest BCUT2D eigenvalue weighted by molar-refractivity contribution is 7.05. The fourth-order valence-corrected chi connectivity index (χ4v) is 5.05. The summed E-state index contributed by atoms with van der Waals surface area (Å²) in [5.41, 5.74) is 1.21. The first kappa shape index (κ1) is 13.5. The molecule has 0 saturated heterocycles. The van der Waals surface area contributed by atoms with Gasteiger partial charge in [-0.2, -0.15) is 0 Å². The largest absolute Gasteiger partial charge is 0.309 e. The summed E-state index contributed by atoms with van der Waals surface area (Å²) in [6, 6.07) is 0.490. The summed E-state index contributed by atoms with van der Waals surface area (Å²) < 4.78 is 4.17. The van der Waals surface area contributed by atoms with Gasteiger partial charge in [0.1, 0.15) is 0 Å². The molecule has 0 spiro atoms. The van der Waals surface area contributed by atoms with Gasteiger partial charge in [-0.15, -0.1) is 5.10 Å². The maximum absolute atomic E-state index is 4.29. The standard InChI is InChI=1S/C15H25N3S/c1-3-13-15(19-18-17-13)14(16-4-2)9-12-8-10-5-6-11(12)7-10/h10-12,14,16H,3-9H2,1-2H3. The van der Waals surface area contributed by atoms with E-state index in [1.807, 2.05) is 0 Å². The minimum atomic E-state index is 0.490. The Morgan fingerprint density at radius 3 is 2.84 bits per heavy atom. The van der Waals surface area contributed by atoms with Gasteiger partial charge in [0.2, 0.25) is 0 Å². The molecule has 4 heteroatoms. The molecule has 0 radical (unpaired) electrons. The Labute approximate surface area is 120 Å². The zero-order chi connectivity index (χ0) is 13.2. The molecular formula is C15H25N3S. The van der Waals surface area contributed by atoms with Crippen LogP contribution in [0.25, 0.3) is 0 Å². The summed E-state index contributed by atoms with van der Waals surface area (Å²) >= 11 is 1.60. The molecule has 1 aromatic heterocycles. The van der Waals surface area contributed by atoms with E-state index in [4.69, 9.17) is 0 Å². The fraction of sp³-hybridized carbons (Fsp3) is 0.867. The van der Waals surface area contributed by atoms with Gasteiger partial charge in [-0.1, -0.05) is 24.8 Å². The summed E-state index contributed by atoms with van der Waals surface area (Å²) in [5, 5.41) is 7.97. The molecule has 106 valence electrons. The first-order valence-corrected chi connectivity index (χ1v) is 8.63. The molecule has 2 aliphatic carbocycles. The maximum atomic E-state index is 4.29. The Morgan fingerprint density at radius 1 is 1.32 bits per heavy atom. The van der Waals surface area contributed by atoms with E-state index < -0.39 is 0 Å². The Hall–Kier alpha value is -0.480. The number of aromatic nitrogens is 2. The maximum Gasteiger partial charge on any atom is 0.0800 e. The third-order valence-corrected chi connectivity index (χ3v) is 5.99. The Morgan fingerprint density at radius 2 is 2.21 bits per heavy atom. The minimum Gasteiger partial charge on any atom is -0.309 e. The normalized spacial score (nSPS) is 30.9. The molecule has 19 heavy (non-hydrogen) atoms. The Bertz CT molecular complexity index is 417. The quantitative estimate of drug-likeness (QED) is 0.865. The molecule has 2 aliphatic rings. The lowest BCUT2D eigenvalue weighted by atomic mass is 9.83. The van der Waals surface area contributed by atoms with E-state index in [0.717, 1.165) is 30.7 Å². The molecule has 0 aromatic carbocycles. The molecule has 4 atom stereocenters. The van der Waals surface area contributed by atoms with Gasteiger partial charge in [0, 0.05) is 6.04 Å². The van der Waals surface area contributed by atoms with Crippen LogP contribution in [0.15, 0.2) is 0 Å². The number of aryl methyl sites for hydroxylation is 1. The van der Waals surface area contributed by atoms with Crippen molar-refractivity contribution in [2.75, 3.05) is 6.54 Å². The summed E-state index contributed by atoms with van der Waals surface area (Å²) in [5.74, 6) is 2.99. The molecule has 2 bridgehead atoms. The summed E-state index contributed by atoms with van der Waals surface area (Å²) in [6.07, 6.45) is 8.26. The molecule has 4 unspecified atom stereocenters. The second kappa shape index (κ2) is 5.88. The zero-order valence-corrected chi connectivity index (χ0v) is 12.9. The molecule has 1 N–H and O–H groups in total. The number of nitrogens with zero attached hydrogens (tertiary/aromatic N) is 2. The molecule has 0 amide bonds. The molecule has 3 rings (SSSR count). The number of nitrogens with one attached hydrogen (secondary N) is 1. The third kappa shape index (κ3) is 2.70. The van der Waals surface area contributed by atoms with Gasteiger partial charge >= 0.3 is 0 Å². The predicted molar refractivity (Wildman–Crippen MR) is 79.3 cm³/mol. The van der Waals surface area contributed by atoms with Crippen LogP contribution in [0.2, 0.25) is 0 Å². The van der Waals surface area contributed by atoms with Crippen LogP contribution < -0.4 is 5.32 Å². The van der Waals surface area contributed by atoms with Gasteiger partial charge < -0.3 is 5.32 Å². The highest BCUT2D eigenvalue weighted by Gasteiger charge is 2.40. The Kier molecular flexibility index (Phi) is 4.18. The molecule has 2 saturated carbocycles. The fourth-order valence-electron chi connectivity index (χ4n) is 4.22. The van der Waals surface area contributed by atoms with Gasteiger partial charge in [0.25, 0.3) is 0 Å². The van der Waals surface area contributed by atoms with Crippen LogP contribution in [0.1, 0.15) is 62.6 Å². The monoisotopic (exact) mass is 279 g/mol. The van der Waals surface area contributed by atoms with Crippen LogP contribution in [0.5, 0.6) is 0 Å². The summed E-state index contributed by atoms with van der Waals surface area (Å²) in [6.45, 7) is 5.42. The van der Waals surface area contributed by atoms with Crippen molar-refractivity contribution in [3.63, 3.8) is 0 Å². The third-order valence-electron chi connectivity index (χ3n) is 5.11. The highest BCUT2D eigenvalue weighted by atomic mass is 32.1. The number of fused-ring (bicyclic) bond motifs is 2. The van der Waals surface area contributed by atoms with E-state index in [1.54, 1.807) is 11.5 Å². The van der Waals surface area contributed by atoms with Crippen molar-refractivity contribution < 1.29 is 0 Å². The van der Waals surface area contributed by atoms with Crippen molar-refractivity contribution in [2.45, 2.75) is 58.4 Å². The minimum absolute atomic E-state index is 0.490. The van der Waals surface area contributed by atoms with Crippen LogP contribution in [-0.2, 0) is 6.42 Å². The number of rotatable bonds is 6. The van der Waals surface area contributed by atoms with Crippen LogP contribution >= 0.6 is 11.5 Å². The van der Waals surface area contributed by atoms with E-state index in [2.05, 4.69) is 28.8 Å². The van der Waals surface area contributed by atoms with E-state index in [9.17, 15) is 0 Å². The molecule has 2 fully saturated rings. The van der Waals surface area contributed by atoms with Crippen LogP contribution in [0, 0.1) is 17.8 Å². The van der Waals surface area contributed by atoms with Crippen molar-refractivity contribution in [1.29, 1.82) is 0 Å². The molecular weight excluding hydrogens is 254 g/mol. The van der Waals surface area contributed by atoms with Crippen LogP contribution in [0.3, 0.4) is 0 Å². The lowest BCUT2D eigenvalue weighted by Crippen LogP contribution is -2.25. The van der Waals surface area contributed by atoms with E-state index >= 15 is 0 Å². The van der Waals surface area contributed by atoms with Gasteiger partial charge in [-0.25, -0.2) is 0 Å². The van der Waals surface area contributed by atoms with Gasteiger partial charge in [-0.3, -0.25) is 0 Å².